The van der Waals surface area contributed by atoms with Gasteiger partial charge in [-0.3, -0.25) is 0 Å². The second-order valence-corrected chi connectivity index (χ2v) is 9.81. The van der Waals surface area contributed by atoms with Crippen LogP contribution >= 0.6 is 0 Å². The van der Waals surface area contributed by atoms with Gasteiger partial charge in [-0.1, -0.05) is 104 Å². The number of allylic oxidation sites excluding steroid dienone is 2. The van der Waals surface area contributed by atoms with E-state index in [0.717, 1.165) is 36.6 Å². The number of halogens is 1. The summed E-state index contributed by atoms with van der Waals surface area (Å²) < 4.78 is 15.1. The molecular weight excluding hydrogens is 451 g/mol. The first-order valence-electron chi connectivity index (χ1n) is 13.7. The molecule has 0 fully saturated rings. The van der Waals surface area contributed by atoms with Crippen LogP contribution in [0.2, 0.25) is 0 Å². The highest BCUT2D eigenvalue weighted by Gasteiger charge is 2.06. The molecule has 37 heavy (non-hydrogen) atoms. The third-order valence-electron chi connectivity index (χ3n) is 6.94. The zero-order chi connectivity index (χ0) is 25.9. The highest BCUT2D eigenvalue weighted by atomic mass is 19.1. The third kappa shape index (κ3) is 7.68. The largest absolute Gasteiger partial charge is 0.205 e. The highest BCUT2D eigenvalue weighted by Crippen LogP contribution is 2.23. The van der Waals surface area contributed by atoms with E-state index < -0.39 is 0 Å². The Kier molecular flexibility index (Phi) is 9.73. The van der Waals surface area contributed by atoms with Gasteiger partial charge in [0.15, 0.2) is 0 Å². The van der Waals surface area contributed by atoms with E-state index in [9.17, 15) is 0 Å². The molecule has 0 heterocycles. The normalized spacial score (nSPS) is 11.1. The molecule has 0 amide bonds. The zero-order valence-electron chi connectivity index (χ0n) is 22.2. The van der Waals surface area contributed by atoms with Crippen LogP contribution in [-0.2, 0) is 25.7 Å². The van der Waals surface area contributed by atoms with Crippen molar-refractivity contribution >= 4 is 10.8 Å². The molecule has 0 atom stereocenters. The summed E-state index contributed by atoms with van der Waals surface area (Å²) in [5.74, 6) is 5.95. The molecule has 0 aliphatic rings. The first-order valence-corrected chi connectivity index (χ1v) is 13.7. The lowest BCUT2D eigenvalue weighted by Gasteiger charge is -2.05. The van der Waals surface area contributed by atoms with Crippen LogP contribution in [0.15, 0.2) is 91.0 Å². The SMILES string of the molecule is C/C=C/CCc1ccc2c(F)c(C#Cc3ccc(CCc4ccc(CCCCC)cc4)cc3)ccc2c1. The van der Waals surface area contributed by atoms with Crippen molar-refractivity contribution in [3.63, 3.8) is 0 Å². The average Bonchev–Trinajstić information content (AvgIpc) is 2.93. The fourth-order valence-corrected chi connectivity index (χ4v) is 4.64. The fourth-order valence-electron chi connectivity index (χ4n) is 4.64. The number of hydrogen-bond donors (Lipinski definition) is 0. The van der Waals surface area contributed by atoms with E-state index in [-0.39, 0.29) is 5.82 Å². The van der Waals surface area contributed by atoms with E-state index in [0.29, 0.717) is 10.9 Å². The average molecular weight is 489 g/mol. The molecule has 0 aliphatic carbocycles. The number of fused-ring (bicyclic) bond motifs is 1. The lowest BCUT2D eigenvalue weighted by Crippen LogP contribution is -1.93. The summed E-state index contributed by atoms with van der Waals surface area (Å²) in [6.45, 7) is 4.28. The van der Waals surface area contributed by atoms with Crippen LogP contribution in [0.5, 0.6) is 0 Å². The van der Waals surface area contributed by atoms with Crippen molar-refractivity contribution in [2.45, 2.75) is 65.2 Å². The summed E-state index contributed by atoms with van der Waals surface area (Å²) in [7, 11) is 0. The Balaban J connectivity index is 1.36. The van der Waals surface area contributed by atoms with Crippen LogP contribution in [0.25, 0.3) is 10.8 Å². The van der Waals surface area contributed by atoms with Gasteiger partial charge in [0.2, 0.25) is 0 Å². The zero-order valence-corrected chi connectivity index (χ0v) is 22.2. The van der Waals surface area contributed by atoms with Crippen molar-refractivity contribution in [3.8, 4) is 11.8 Å². The Hall–Kier alpha value is -3.63. The molecule has 0 aromatic heterocycles. The molecule has 0 spiro atoms. The van der Waals surface area contributed by atoms with Crippen molar-refractivity contribution in [1.29, 1.82) is 0 Å². The maximum absolute atomic E-state index is 15.1. The standard InChI is InChI=1S/C36H37F/c1-3-5-7-9-28-11-13-29(14-12-28)15-16-30-17-19-31(20-18-30)21-23-33-24-25-34-27-32(10-8-6-4-2)22-26-35(34)36(33)37/h4,6,11-14,17-20,22,24-27H,3,5,7-10,15-16H2,1-2H3/b6-4+. The molecule has 188 valence electrons. The molecule has 0 saturated heterocycles. The predicted molar refractivity (Wildman–Crippen MR) is 157 cm³/mol. The number of unbranched alkanes of at least 4 members (excludes halogenated alkanes) is 2. The molecule has 0 nitrogen and oxygen atoms in total. The monoisotopic (exact) mass is 488 g/mol. The second-order valence-electron chi connectivity index (χ2n) is 9.81. The first kappa shape index (κ1) is 26.4. The Morgan fingerprint density at radius 1 is 0.676 bits per heavy atom. The Morgan fingerprint density at radius 2 is 1.32 bits per heavy atom. The van der Waals surface area contributed by atoms with E-state index in [4.69, 9.17) is 0 Å². The van der Waals surface area contributed by atoms with Crippen LogP contribution in [0.4, 0.5) is 4.39 Å². The molecule has 4 aromatic rings. The molecule has 0 N–H and O–H groups in total. The Morgan fingerprint density at radius 3 is 2.00 bits per heavy atom. The number of rotatable bonds is 10. The van der Waals surface area contributed by atoms with Gasteiger partial charge in [-0.15, -0.1) is 0 Å². The lowest BCUT2D eigenvalue weighted by atomic mass is 10.00. The quantitative estimate of drug-likeness (QED) is 0.118. The van der Waals surface area contributed by atoms with E-state index in [1.54, 1.807) is 6.07 Å². The second kappa shape index (κ2) is 13.6. The fraction of sp³-hybridized carbons (Fsp3) is 0.278. The van der Waals surface area contributed by atoms with Gasteiger partial charge < -0.3 is 0 Å². The van der Waals surface area contributed by atoms with Crippen molar-refractivity contribution < 1.29 is 4.39 Å². The summed E-state index contributed by atoms with van der Waals surface area (Å²) in [6.07, 6.45) is 13.2. The molecule has 4 aromatic carbocycles. The van der Waals surface area contributed by atoms with E-state index >= 15 is 4.39 Å². The number of benzene rings is 4. The van der Waals surface area contributed by atoms with Crippen molar-refractivity contribution in [1.82, 2.24) is 0 Å². The summed E-state index contributed by atoms with van der Waals surface area (Å²) in [5, 5.41) is 1.56. The van der Waals surface area contributed by atoms with Gasteiger partial charge in [-0.05, 0) is 91.3 Å². The minimum atomic E-state index is -0.238. The maximum atomic E-state index is 15.1. The van der Waals surface area contributed by atoms with Gasteiger partial charge in [0.25, 0.3) is 0 Å². The molecule has 0 unspecified atom stereocenters. The van der Waals surface area contributed by atoms with Crippen LogP contribution in [0, 0.1) is 17.7 Å². The molecule has 0 saturated carbocycles. The van der Waals surface area contributed by atoms with Crippen LogP contribution < -0.4 is 0 Å². The number of hydrogen-bond acceptors (Lipinski definition) is 0. The first-order chi connectivity index (χ1) is 18.2. The van der Waals surface area contributed by atoms with Gasteiger partial charge in [-0.2, -0.15) is 0 Å². The molecule has 0 radical (unpaired) electrons. The predicted octanol–water partition coefficient (Wildman–Crippen LogP) is 9.41. The molecule has 0 aliphatic heterocycles. The maximum Gasteiger partial charge on any atom is 0.146 e. The topological polar surface area (TPSA) is 0 Å². The van der Waals surface area contributed by atoms with E-state index in [1.165, 1.54) is 47.9 Å². The summed E-state index contributed by atoms with van der Waals surface area (Å²) in [6, 6.07) is 27.2. The van der Waals surface area contributed by atoms with Crippen LogP contribution in [-0.4, -0.2) is 0 Å². The molecule has 0 bridgehead atoms. The summed E-state index contributed by atoms with van der Waals surface area (Å²) in [4.78, 5) is 0. The van der Waals surface area contributed by atoms with Gasteiger partial charge in [-0.25, -0.2) is 4.39 Å². The molecule has 1 heteroatoms. The molecule has 4 rings (SSSR count). The summed E-state index contributed by atoms with van der Waals surface area (Å²) >= 11 is 0. The van der Waals surface area contributed by atoms with E-state index in [1.807, 2.05) is 37.3 Å². The van der Waals surface area contributed by atoms with Crippen LogP contribution in [0.1, 0.15) is 72.9 Å². The highest BCUT2D eigenvalue weighted by molar-refractivity contribution is 5.85. The third-order valence-corrected chi connectivity index (χ3v) is 6.94. The molecular formula is C36H37F. The van der Waals surface area contributed by atoms with Crippen molar-refractivity contribution in [2.75, 3.05) is 0 Å². The minimum Gasteiger partial charge on any atom is -0.205 e. The number of aryl methyl sites for hydroxylation is 4. The van der Waals surface area contributed by atoms with Crippen LogP contribution in [0.3, 0.4) is 0 Å². The van der Waals surface area contributed by atoms with Gasteiger partial charge >= 0.3 is 0 Å². The minimum absolute atomic E-state index is 0.238. The Labute approximate surface area is 222 Å². The smallest absolute Gasteiger partial charge is 0.146 e. The van der Waals surface area contributed by atoms with Crippen molar-refractivity contribution in [3.05, 3.63) is 130 Å². The van der Waals surface area contributed by atoms with Gasteiger partial charge in [0, 0.05) is 10.9 Å². The van der Waals surface area contributed by atoms with E-state index in [2.05, 4.69) is 73.4 Å². The lowest BCUT2D eigenvalue weighted by molar-refractivity contribution is 0.636. The van der Waals surface area contributed by atoms with Gasteiger partial charge in [0.1, 0.15) is 5.82 Å². The van der Waals surface area contributed by atoms with Crippen molar-refractivity contribution in [2.24, 2.45) is 0 Å². The Bertz CT molecular complexity index is 1380. The van der Waals surface area contributed by atoms with Gasteiger partial charge in [0.05, 0.1) is 5.56 Å². The summed E-state index contributed by atoms with van der Waals surface area (Å²) in [5.41, 5.74) is 6.67.